The van der Waals surface area contributed by atoms with Crippen molar-refractivity contribution in [2.75, 3.05) is 33.5 Å². The van der Waals surface area contributed by atoms with E-state index in [-0.39, 0.29) is 11.5 Å². The fraction of sp³-hybridized carbons (Fsp3) is 0.429. The Kier molecular flexibility index (Phi) is 5.83. The molecule has 0 fully saturated rings. The van der Waals surface area contributed by atoms with Crippen LogP contribution < -0.4 is 10.5 Å². The Morgan fingerprint density at radius 2 is 2.00 bits per heavy atom. The average molecular weight is 280 g/mol. The molecule has 0 heterocycles. The summed E-state index contributed by atoms with van der Waals surface area (Å²) in [6, 6.07) is 4.77. The molecular formula is C14H20N2O4. The monoisotopic (exact) mass is 280 g/mol. The number of nitrogen functional groups attached to an aromatic ring is 1. The van der Waals surface area contributed by atoms with Gasteiger partial charge in [0, 0.05) is 26.2 Å². The SMILES string of the molecule is COC(=O)c1cc(N)ccc1OCCCC(=O)N(C)C. The standard InChI is InChI=1S/C14H20N2O4/c1-16(2)13(17)5-4-8-20-12-7-6-10(15)9-11(12)14(18)19-3/h6-7,9H,4-5,8,15H2,1-3H3. The van der Waals surface area contributed by atoms with E-state index in [9.17, 15) is 9.59 Å². The predicted octanol–water partition coefficient (Wildman–Crippen LogP) is 1.30. The second-order valence-electron chi connectivity index (χ2n) is 4.49. The molecule has 0 bridgehead atoms. The van der Waals surface area contributed by atoms with Gasteiger partial charge in [-0.2, -0.15) is 0 Å². The average Bonchev–Trinajstić information content (AvgIpc) is 2.43. The molecule has 0 aromatic heterocycles. The summed E-state index contributed by atoms with van der Waals surface area (Å²) in [6.07, 6.45) is 0.970. The molecule has 0 saturated heterocycles. The zero-order chi connectivity index (χ0) is 15.1. The van der Waals surface area contributed by atoms with Crippen LogP contribution in [0.15, 0.2) is 18.2 Å². The lowest BCUT2D eigenvalue weighted by atomic mass is 10.2. The molecular weight excluding hydrogens is 260 g/mol. The highest BCUT2D eigenvalue weighted by Crippen LogP contribution is 2.22. The molecule has 0 saturated carbocycles. The molecule has 1 amide bonds. The fourth-order valence-electron chi connectivity index (χ4n) is 1.57. The van der Waals surface area contributed by atoms with Crippen LogP contribution >= 0.6 is 0 Å². The van der Waals surface area contributed by atoms with Gasteiger partial charge in [-0.15, -0.1) is 0 Å². The maximum Gasteiger partial charge on any atom is 0.341 e. The third-order valence-electron chi connectivity index (χ3n) is 2.70. The van der Waals surface area contributed by atoms with Gasteiger partial charge in [0.15, 0.2) is 0 Å². The van der Waals surface area contributed by atoms with Gasteiger partial charge in [0.25, 0.3) is 0 Å². The van der Waals surface area contributed by atoms with Crippen molar-refractivity contribution >= 4 is 17.6 Å². The number of carbonyl (C=O) groups excluding carboxylic acids is 2. The van der Waals surface area contributed by atoms with E-state index in [1.807, 2.05) is 0 Å². The van der Waals surface area contributed by atoms with Gasteiger partial charge in [-0.3, -0.25) is 4.79 Å². The summed E-state index contributed by atoms with van der Waals surface area (Å²) < 4.78 is 10.2. The van der Waals surface area contributed by atoms with Crippen molar-refractivity contribution in [3.63, 3.8) is 0 Å². The first-order valence-electron chi connectivity index (χ1n) is 6.26. The molecule has 2 N–H and O–H groups in total. The van der Waals surface area contributed by atoms with Crippen LogP contribution in [0, 0.1) is 0 Å². The molecule has 0 aliphatic rings. The van der Waals surface area contributed by atoms with Crippen molar-refractivity contribution < 1.29 is 19.1 Å². The molecule has 0 unspecified atom stereocenters. The van der Waals surface area contributed by atoms with E-state index in [4.69, 9.17) is 10.5 Å². The Morgan fingerprint density at radius 1 is 1.30 bits per heavy atom. The minimum Gasteiger partial charge on any atom is -0.493 e. The maximum absolute atomic E-state index is 11.6. The van der Waals surface area contributed by atoms with Gasteiger partial charge in [0.1, 0.15) is 11.3 Å². The first-order chi connectivity index (χ1) is 9.45. The number of benzene rings is 1. The minimum absolute atomic E-state index is 0.0408. The number of nitrogens with two attached hydrogens (primary N) is 1. The lowest BCUT2D eigenvalue weighted by molar-refractivity contribution is -0.128. The highest BCUT2D eigenvalue weighted by atomic mass is 16.5. The summed E-state index contributed by atoms with van der Waals surface area (Å²) >= 11 is 0. The molecule has 6 heteroatoms. The maximum atomic E-state index is 11.6. The molecule has 0 radical (unpaired) electrons. The van der Waals surface area contributed by atoms with Crippen LogP contribution in [0.2, 0.25) is 0 Å². The van der Waals surface area contributed by atoms with Crippen molar-refractivity contribution in [1.82, 2.24) is 4.90 Å². The Balaban J connectivity index is 2.60. The second kappa shape index (κ2) is 7.37. The van der Waals surface area contributed by atoms with E-state index in [2.05, 4.69) is 4.74 Å². The summed E-state index contributed by atoms with van der Waals surface area (Å²) in [7, 11) is 4.71. The summed E-state index contributed by atoms with van der Waals surface area (Å²) in [6.45, 7) is 0.341. The van der Waals surface area contributed by atoms with Gasteiger partial charge >= 0.3 is 5.97 Å². The van der Waals surface area contributed by atoms with E-state index >= 15 is 0 Å². The number of carbonyl (C=O) groups is 2. The molecule has 0 atom stereocenters. The summed E-state index contributed by atoms with van der Waals surface area (Å²) in [5.41, 5.74) is 6.38. The molecule has 0 aliphatic carbocycles. The quantitative estimate of drug-likeness (QED) is 0.482. The van der Waals surface area contributed by atoms with E-state index in [1.54, 1.807) is 26.2 Å². The number of hydrogen-bond donors (Lipinski definition) is 1. The number of esters is 1. The molecule has 110 valence electrons. The minimum atomic E-state index is -0.503. The van der Waals surface area contributed by atoms with Crippen molar-refractivity contribution in [2.45, 2.75) is 12.8 Å². The number of hydrogen-bond acceptors (Lipinski definition) is 5. The number of rotatable bonds is 6. The first-order valence-corrected chi connectivity index (χ1v) is 6.26. The Hall–Kier alpha value is -2.24. The van der Waals surface area contributed by atoms with E-state index < -0.39 is 5.97 Å². The van der Waals surface area contributed by atoms with Crippen LogP contribution in [0.1, 0.15) is 23.2 Å². The third kappa shape index (κ3) is 4.46. The van der Waals surface area contributed by atoms with E-state index in [0.717, 1.165) is 0 Å². The van der Waals surface area contributed by atoms with Crippen LogP contribution in [0.25, 0.3) is 0 Å². The summed E-state index contributed by atoms with van der Waals surface area (Å²) in [5, 5.41) is 0. The largest absolute Gasteiger partial charge is 0.493 e. The highest BCUT2D eigenvalue weighted by molar-refractivity contribution is 5.93. The number of ether oxygens (including phenoxy) is 2. The van der Waals surface area contributed by atoms with Crippen LogP contribution in [0.5, 0.6) is 5.75 Å². The van der Waals surface area contributed by atoms with E-state index in [0.29, 0.717) is 30.9 Å². The number of methoxy groups -OCH3 is 1. The van der Waals surface area contributed by atoms with Crippen LogP contribution in [0.4, 0.5) is 5.69 Å². The fourth-order valence-corrected chi connectivity index (χ4v) is 1.57. The number of anilines is 1. The van der Waals surface area contributed by atoms with Crippen molar-refractivity contribution in [2.24, 2.45) is 0 Å². The molecule has 0 spiro atoms. The van der Waals surface area contributed by atoms with Gasteiger partial charge < -0.3 is 20.1 Å². The number of nitrogens with zero attached hydrogens (tertiary/aromatic N) is 1. The van der Waals surface area contributed by atoms with Crippen molar-refractivity contribution in [3.8, 4) is 5.75 Å². The first kappa shape index (κ1) is 15.8. The lowest BCUT2D eigenvalue weighted by Crippen LogP contribution is -2.21. The van der Waals surface area contributed by atoms with Crippen molar-refractivity contribution in [1.29, 1.82) is 0 Å². The molecule has 1 aromatic carbocycles. The number of amides is 1. The van der Waals surface area contributed by atoms with Crippen LogP contribution in [-0.4, -0.2) is 44.6 Å². The second-order valence-corrected chi connectivity index (χ2v) is 4.49. The molecule has 1 aromatic rings. The summed E-state index contributed by atoms with van der Waals surface area (Å²) in [4.78, 5) is 24.5. The molecule has 1 rings (SSSR count). The summed E-state index contributed by atoms with van der Waals surface area (Å²) in [5.74, 6) is -0.0564. The normalized spacial score (nSPS) is 9.95. The van der Waals surface area contributed by atoms with Gasteiger partial charge in [0.2, 0.25) is 5.91 Å². The zero-order valence-electron chi connectivity index (χ0n) is 12.0. The molecule has 0 aliphatic heterocycles. The molecule has 20 heavy (non-hydrogen) atoms. The van der Waals surface area contributed by atoms with Gasteiger partial charge in [0.05, 0.1) is 13.7 Å². The topological polar surface area (TPSA) is 81.9 Å². The molecule has 6 nitrogen and oxygen atoms in total. The Labute approximate surface area is 118 Å². The van der Waals surface area contributed by atoms with Crippen molar-refractivity contribution in [3.05, 3.63) is 23.8 Å². The van der Waals surface area contributed by atoms with Crippen LogP contribution in [0.3, 0.4) is 0 Å². The third-order valence-corrected chi connectivity index (χ3v) is 2.70. The van der Waals surface area contributed by atoms with Gasteiger partial charge in [-0.1, -0.05) is 0 Å². The zero-order valence-corrected chi connectivity index (χ0v) is 12.0. The van der Waals surface area contributed by atoms with Gasteiger partial charge in [-0.25, -0.2) is 4.79 Å². The van der Waals surface area contributed by atoms with E-state index in [1.165, 1.54) is 18.1 Å². The van der Waals surface area contributed by atoms with Gasteiger partial charge in [-0.05, 0) is 24.6 Å². The van der Waals surface area contributed by atoms with Crippen LogP contribution in [-0.2, 0) is 9.53 Å². The smallest absolute Gasteiger partial charge is 0.341 e. The Bertz CT molecular complexity index is 486. The predicted molar refractivity (Wildman–Crippen MR) is 75.6 cm³/mol. The Morgan fingerprint density at radius 3 is 2.60 bits per heavy atom. The lowest BCUT2D eigenvalue weighted by Gasteiger charge is -2.12. The highest BCUT2D eigenvalue weighted by Gasteiger charge is 2.13.